The van der Waals surface area contributed by atoms with Crippen molar-refractivity contribution in [3.05, 3.63) is 11.4 Å². The molecule has 0 amide bonds. The van der Waals surface area contributed by atoms with Crippen molar-refractivity contribution in [2.24, 2.45) is 17.8 Å². The van der Waals surface area contributed by atoms with E-state index in [1.54, 1.807) is 0 Å². The van der Waals surface area contributed by atoms with Gasteiger partial charge in [-0.05, 0) is 58.3 Å². The number of nitrogens with zero attached hydrogens (tertiary/aromatic N) is 2. The van der Waals surface area contributed by atoms with Crippen molar-refractivity contribution in [3.8, 4) is 0 Å². The number of anilines is 1. The zero-order chi connectivity index (χ0) is 15.7. The van der Waals surface area contributed by atoms with E-state index in [-0.39, 0.29) is 0 Å². The third kappa shape index (κ3) is 3.44. The Hall–Kier alpha value is -0.990. The maximum absolute atomic E-state index is 4.72. The summed E-state index contributed by atoms with van der Waals surface area (Å²) in [7, 11) is 0. The molecule has 0 aliphatic heterocycles. The van der Waals surface area contributed by atoms with E-state index in [4.69, 9.17) is 5.10 Å². The van der Waals surface area contributed by atoms with Crippen LogP contribution in [0.1, 0.15) is 71.3 Å². The number of aryl methyl sites for hydroxylation is 1. The number of hydrogen-bond acceptors (Lipinski definition) is 2. The molecule has 1 N–H and O–H groups in total. The Bertz CT molecular complexity index is 473. The lowest BCUT2D eigenvalue weighted by molar-refractivity contribution is 0.212. The van der Waals surface area contributed by atoms with Gasteiger partial charge in [0.05, 0.1) is 17.1 Å². The molecule has 1 heterocycles. The normalized spacial score (nSPS) is 26.6. The van der Waals surface area contributed by atoms with Gasteiger partial charge in [-0.2, -0.15) is 5.10 Å². The van der Waals surface area contributed by atoms with Crippen LogP contribution < -0.4 is 5.32 Å². The van der Waals surface area contributed by atoms with Crippen LogP contribution in [0.4, 0.5) is 5.69 Å². The van der Waals surface area contributed by atoms with Gasteiger partial charge >= 0.3 is 0 Å². The first-order valence-electron chi connectivity index (χ1n) is 8.63. The molecule has 21 heavy (non-hydrogen) atoms. The molecule has 0 saturated heterocycles. The molecule has 3 atom stereocenters. The summed E-state index contributed by atoms with van der Waals surface area (Å²) in [5.41, 5.74) is 3.69. The van der Waals surface area contributed by atoms with Gasteiger partial charge in [0, 0.05) is 12.1 Å². The molecule has 1 aromatic heterocycles. The largest absolute Gasteiger partial charge is 0.379 e. The van der Waals surface area contributed by atoms with Crippen molar-refractivity contribution in [3.63, 3.8) is 0 Å². The molecule has 1 aliphatic rings. The Kier molecular flexibility index (Phi) is 5.00. The van der Waals surface area contributed by atoms with Crippen LogP contribution in [0.15, 0.2) is 0 Å². The summed E-state index contributed by atoms with van der Waals surface area (Å²) in [4.78, 5) is 0. The van der Waals surface area contributed by atoms with Crippen LogP contribution in [-0.2, 0) is 0 Å². The van der Waals surface area contributed by atoms with Gasteiger partial charge in [0.1, 0.15) is 0 Å². The molecular weight excluding hydrogens is 258 g/mol. The third-order valence-corrected chi connectivity index (χ3v) is 5.17. The maximum atomic E-state index is 4.72. The van der Waals surface area contributed by atoms with Gasteiger partial charge in [-0.25, -0.2) is 0 Å². The summed E-state index contributed by atoms with van der Waals surface area (Å²) in [5, 5.41) is 8.59. The van der Waals surface area contributed by atoms with Crippen molar-refractivity contribution in [1.82, 2.24) is 9.78 Å². The van der Waals surface area contributed by atoms with Crippen molar-refractivity contribution in [2.45, 2.75) is 79.8 Å². The lowest BCUT2D eigenvalue weighted by Gasteiger charge is -2.38. The highest BCUT2D eigenvalue weighted by molar-refractivity contribution is 5.53. The first kappa shape index (κ1) is 16.4. The minimum absolute atomic E-state index is 0.422. The predicted molar refractivity (Wildman–Crippen MR) is 90.8 cm³/mol. The minimum Gasteiger partial charge on any atom is -0.379 e. The maximum Gasteiger partial charge on any atom is 0.0828 e. The molecule has 0 bridgehead atoms. The second-order valence-electron chi connectivity index (χ2n) is 7.66. The van der Waals surface area contributed by atoms with Crippen molar-refractivity contribution in [1.29, 1.82) is 0 Å². The Morgan fingerprint density at radius 2 is 1.81 bits per heavy atom. The fourth-order valence-electron chi connectivity index (χ4n) is 3.93. The van der Waals surface area contributed by atoms with Gasteiger partial charge in [-0.1, -0.05) is 27.2 Å². The van der Waals surface area contributed by atoms with Crippen molar-refractivity contribution < 1.29 is 0 Å². The summed E-state index contributed by atoms with van der Waals surface area (Å²) in [5.74, 6) is 2.36. The topological polar surface area (TPSA) is 29.9 Å². The van der Waals surface area contributed by atoms with Gasteiger partial charge in [0.15, 0.2) is 0 Å². The van der Waals surface area contributed by atoms with Crippen LogP contribution in [0.5, 0.6) is 0 Å². The Morgan fingerprint density at radius 1 is 1.14 bits per heavy atom. The lowest BCUT2D eigenvalue weighted by Crippen LogP contribution is -2.38. The first-order chi connectivity index (χ1) is 9.81. The molecule has 3 heteroatoms. The highest BCUT2D eigenvalue weighted by atomic mass is 15.3. The van der Waals surface area contributed by atoms with Crippen molar-refractivity contribution in [2.75, 3.05) is 5.32 Å². The number of rotatable bonds is 4. The van der Waals surface area contributed by atoms with E-state index in [2.05, 4.69) is 58.5 Å². The zero-order valence-corrected chi connectivity index (χ0v) is 14.9. The second kappa shape index (κ2) is 6.41. The molecule has 1 aliphatic carbocycles. The molecule has 1 fully saturated rings. The lowest BCUT2D eigenvalue weighted by atomic mass is 9.74. The summed E-state index contributed by atoms with van der Waals surface area (Å²) in [6, 6.07) is 1.02. The fraction of sp³-hybridized carbons (Fsp3) is 0.833. The van der Waals surface area contributed by atoms with Crippen LogP contribution >= 0.6 is 0 Å². The first-order valence-corrected chi connectivity index (χ1v) is 8.63. The van der Waals surface area contributed by atoms with Gasteiger partial charge in [-0.3, -0.25) is 4.68 Å². The quantitative estimate of drug-likeness (QED) is 0.850. The number of aromatic nitrogens is 2. The van der Waals surface area contributed by atoms with Gasteiger partial charge < -0.3 is 5.32 Å². The Morgan fingerprint density at radius 3 is 2.33 bits per heavy atom. The molecule has 0 aromatic carbocycles. The standard InChI is InChI=1S/C18H33N3/c1-11(2)16-9-8-13(5)10-17(16)19-18-14(6)20-21(12(3)4)15(18)7/h11-13,16-17,19H,8-10H2,1-7H3. The predicted octanol–water partition coefficient (Wildman–Crippen LogP) is 4.95. The molecule has 3 unspecified atom stereocenters. The van der Waals surface area contributed by atoms with E-state index in [0.29, 0.717) is 12.1 Å². The summed E-state index contributed by atoms with van der Waals surface area (Å²) in [6.45, 7) is 15.8. The number of hydrogen-bond donors (Lipinski definition) is 1. The average molecular weight is 291 g/mol. The van der Waals surface area contributed by atoms with E-state index in [0.717, 1.165) is 23.4 Å². The molecule has 0 radical (unpaired) electrons. The SMILES string of the molecule is Cc1nn(C(C)C)c(C)c1NC1CC(C)CCC1C(C)C. The van der Waals surface area contributed by atoms with E-state index in [9.17, 15) is 0 Å². The Balaban J connectivity index is 2.23. The summed E-state index contributed by atoms with van der Waals surface area (Å²) < 4.78 is 2.15. The molecule has 1 aromatic rings. The van der Waals surface area contributed by atoms with Gasteiger partial charge in [-0.15, -0.1) is 0 Å². The smallest absolute Gasteiger partial charge is 0.0828 e. The van der Waals surface area contributed by atoms with Gasteiger partial charge in [0.25, 0.3) is 0 Å². The third-order valence-electron chi connectivity index (χ3n) is 5.17. The van der Waals surface area contributed by atoms with E-state index >= 15 is 0 Å². The highest BCUT2D eigenvalue weighted by Crippen LogP contribution is 2.36. The van der Waals surface area contributed by atoms with E-state index < -0.39 is 0 Å². The van der Waals surface area contributed by atoms with Gasteiger partial charge in [0.2, 0.25) is 0 Å². The van der Waals surface area contributed by atoms with E-state index in [1.807, 2.05) is 0 Å². The fourth-order valence-corrected chi connectivity index (χ4v) is 3.93. The van der Waals surface area contributed by atoms with Crippen molar-refractivity contribution >= 4 is 5.69 Å². The molecular formula is C18H33N3. The number of nitrogens with one attached hydrogen (secondary N) is 1. The molecule has 1 saturated carbocycles. The Labute approximate surface area is 130 Å². The highest BCUT2D eigenvalue weighted by Gasteiger charge is 2.31. The average Bonchev–Trinajstić information content (AvgIpc) is 2.66. The van der Waals surface area contributed by atoms with Crippen LogP contribution in [0.2, 0.25) is 0 Å². The van der Waals surface area contributed by atoms with Crippen LogP contribution in [0.3, 0.4) is 0 Å². The zero-order valence-electron chi connectivity index (χ0n) is 14.9. The van der Waals surface area contributed by atoms with E-state index in [1.165, 1.54) is 30.6 Å². The molecule has 2 rings (SSSR count). The molecule has 0 spiro atoms. The minimum atomic E-state index is 0.422. The van der Waals surface area contributed by atoms with Crippen LogP contribution in [-0.4, -0.2) is 15.8 Å². The van der Waals surface area contributed by atoms with Crippen LogP contribution in [0, 0.1) is 31.6 Å². The summed E-state index contributed by atoms with van der Waals surface area (Å²) >= 11 is 0. The second-order valence-corrected chi connectivity index (χ2v) is 7.66. The molecule has 3 nitrogen and oxygen atoms in total. The summed E-state index contributed by atoms with van der Waals surface area (Å²) in [6.07, 6.45) is 4.02. The monoisotopic (exact) mass is 291 g/mol. The van der Waals surface area contributed by atoms with Crippen LogP contribution in [0.25, 0.3) is 0 Å². The molecule has 120 valence electrons.